The average molecular weight is 460 g/mol. The molecule has 0 fully saturated rings. The molecule has 0 saturated heterocycles. The number of hydrogen-bond acceptors (Lipinski definition) is 7. The number of nitrogens with one attached hydrogen (secondary N) is 1. The monoisotopic (exact) mass is 459 g/mol. The standard InChI is InChI=1S/C20H18ClN5O2S2/c1-3-26-18(13-10-12(21)8-9-15(13)28-2)24-25-20(26)29-11-17(27)23-19-22-14-6-4-5-7-16(14)30-19/h4-10H,3,11H2,1-2H3,(H,22,23,27). The molecule has 0 aliphatic carbocycles. The van der Waals surface area contributed by atoms with Gasteiger partial charge in [-0.05, 0) is 37.3 Å². The second kappa shape index (κ2) is 9.03. The van der Waals surface area contributed by atoms with Crippen molar-refractivity contribution in [2.45, 2.75) is 18.6 Å². The Morgan fingerprint density at radius 3 is 2.87 bits per heavy atom. The van der Waals surface area contributed by atoms with Gasteiger partial charge in [0.15, 0.2) is 16.1 Å². The van der Waals surface area contributed by atoms with Crippen molar-refractivity contribution in [2.24, 2.45) is 0 Å². The number of amides is 1. The fourth-order valence-corrected chi connectivity index (χ4v) is 4.80. The molecule has 2 aromatic carbocycles. The number of thiazole rings is 1. The van der Waals surface area contributed by atoms with E-state index >= 15 is 0 Å². The van der Waals surface area contributed by atoms with Crippen molar-refractivity contribution in [3.05, 3.63) is 47.5 Å². The predicted octanol–water partition coefficient (Wildman–Crippen LogP) is 4.97. The SMILES string of the molecule is CCn1c(SCC(=O)Nc2nc3ccccc3s2)nnc1-c1cc(Cl)ccc1OC. The molecule has 2 heterocycles. The molecule has 0 spiro atoms. The highest BCUT2D eigenvalue weighted by molar-refractivity contribution is 7.99. The van der Waals surface area contributed by atoms with Crippen LogP contribution < -0.4 is 10.1 Å². The molecule has 0 radical (unpaired) electrons. The number of rotatable bonds is 7. The number of nitrogens with zero attached hydrogens (tertiary/aromatic N) is 4. The lowest BCUT2D eigenvalue weighted by atomic mass is 10.2. The van der Waals surface area contributed by atoms with Gasteiger partial charge in [0.25, 0.3) is 0 Å². The number of carbonyl (C=O) groups excluding carboxylic acids is 1. The summed E-state index contributed by atoms with van der Waals surface area (Å²) in [6.45, 7) is 2.63. The molecule has 30 heavy (non-hydrogen) atoms. The van der Waals surface area contributed by atoms with E-state index in [9.17, 15) is 4.79 Å². The number of ether oxygens (including phenoxy) is 1. The first-order valence-corrected chi connectivity index (χ1v) is 11.3. The van der Waals surface area contributed by atoms with Crippen LogP contribution in [0, 0.1) is 0 Å². The Labute approximate surface area is 186 Å². The summed E-state index contributed by atoms with van der Waals surface area (Å²) in [6, 6.07) is 13.1. The number of thioether (sulfide) groups is 1. The van der Waals surface area contributed by atoms with Crippen molar-refractivity contribution < 1.29 is 9.53 Å². The summed E-state index contributed by atoms with van der Waals surface area (Å²) in [6.07, 6.45) is 0. The molecule has 1 amide bonds. The molecule has 0 saturated carbocycles. The normalized spacial score (nSPS) is 11.0. The van der Waals surface area contributed by atoms with Crippen molar-refractivity contribution in [1.29, 1.82) is 0 Å². The largest absolute Gasteiger partial charge is 0.496 e. The Kier molecular flexibility index (Phi) is 6.21. The zero-order valence-corrected chi connectivity index (χ0v) is 18.6. The Bertz CT molecular complexity index is 1170. The lowest BCUT2D eigenvalue weighted by Crippen LogP contribution is -2.14. The molecule has 1 N–H and O–H groups in total. The van der Waals surface area contributed by atoms with Crippen LogP contribution in [0.4, 0.5) is 5.13 Å². The minimum atomic E-state index is -0.147. The van der Waals surface area contributed by atoms with E-state index < -0.39 is 0 Å². The summed E-state index contributed by atoms with van der Waals surface area (Å²) in [5, 5.41) is 13.2. The molecule has 0 aliphatic heterocycles. The number of hydrogen-bond donors (Lipinski definition) is 1. The summed E-state index contributed by atoms with van der Waals surface area (Å²) in [5.41, 5.74) is 1.63. The summed E-state index contributed by atoms with van der Waals surface area (Å²) >= 11 is 8.93. The van der Waals surface area contributed by atoms with Crippen LogP contribution in [0.25, 0.3) is 21.6 Å². The molecule has 0 atom stereocenters. The van der Waals surface area contributed by atoms with Gasteiger partial charge >= 0.3 is 0 Å². The number of aromatic nitrogens is 4. The van der Waals surface area contributed by atoms with Crippen LogP contribution in [0.3, 0.4) is 0 Å². The highest BCUT2D eigenvalue weighted by Crippen LogP contribution is 2.33. The minimum Gasteiger partial charge on any atom is -0.496 e. The first-order chi connectivity index (χ1) is 14.6. The first-order valence-electron chi connectivity index (χ1n) is 9.14. The van der Waals surface area contributed by atoms with Gasteiger partial charge in [0.1, 0.15) is 5.75 Å². The molecule has 0 aliphatic rings. The van der Waals surface area contributed by atoms with E-state index in [1.165, 1.54) is 23.1 Å². The smallest absolute Gasteiger partial charge is 0.236 e. The topological polar surface area (TPSA) is 81.9 Å². The number of methoxy groups -OCH3 is 1. The zero-order chi connectivity index (χ0) is 21.1. The Balaban J connectivity index is 1.49. The molecule has 154 valence electrons. The highest BCUT2D eigenvalue weighted by atomic mass is 35.5. The third kappa shape index (κ3) is 4.28. The van der Waals surface area contributed by atoms with Crippen molar-refractivity contribution in [3.8, 4) is 17.1 Å². The van der Waals surface area contributed by atoms with E-state index in [0.29, 0.717) is 33.4 Å². The maximum absolute atomic E-state index is 12.4. The number of carbonyl (C=O) groups is 1. The predicted molar refractivity (Wildman–Crippen MR) is 122 cm³/mol. The van der Waals surface area contributed by atoms with Crippen LogP contribution in [0.5, 0.6) is 5.75 Å². The Morgan fingerprint density at radius 2 is 2.10 bits per heavy atom. The van der Waals surface area contributed by atoms with E-state index in [4.69, 9.17) is 16.3 Å². The maximum atomic E-state index is 12.4. The van der Waals surface area contributed by atoms with Gasteiger partial charge in [0.2, 0.25) is 5.91 Å². The van der Waals surface area contributed by atoms with Crippen molar-refractivity contribution in [3.63, 3.8) is 0 Å². The lowest BCUT2D eigenvalue weighted by molar-refractivity contribution is -0.113. The molecule has 7 nitrogen and oxygen atoms in total. The van der Waals surface area contributed by atoms with Crippen LogP contribution in [0.1, 0.15) is 6.92 Å². The van der Waals surface area contributed by atoms with E-state index in [-0.39, 0.29) is 11.7 Å². The molecule has 4 rings (SSSR count). The van der Waals surface area contributed by atoms with Crippen molar-refractivity contribution >= 4 is 56.0 Å². The molecule has 2 aromatic heterocycles. The van der Waals surface area contributed by atoms with Crippen LogP contribution in [0.2, 0.25) is 5.02 Å². The Morgan fingerprint density at radius 1 is 1.27 bits per heavy atom. The number of anilines is 1. The molecule has 0 unspecified atom stereocenters. The first kappa shape index (κ1) is 20.6. The summed E-state index contributed by atoms with van der Waals surface area (Å²) in [7, 11) is 1.60. The van der Waals surface area contributed by atoms with E-state index in [1.807, 2.05) is 35.8 Å². The number of halogens is 1. The molecule has 0 bridgehead atoms. The van der Waals surface area contributed by atoms with Gasteiger partial charge in [-0.3, -0.25) is 4.79 Å². The second-order valence-electron chi connectivity index (χ2n) is 6.22. The van der Waals surface area contributed by atoms with Crippen molar-refractivity contribution in [2.75, 3.05) is 18.2 Å². The molecular formula is C20H18ClN5O2S2. The third-order valence-corrected chi connectivity index (χ3v) is 6.46. The fourth-order valence-electron chi connectivity index (χ4n) is 2.95. The fraction of sp³-hybridized carbons (Fsp3) is 0.200. The molecule has 4 aromatic rings. The van der Waals surface area contributed by atoms with Gasteiger partial charge in [-0.1, -0.05) is 46.8 Å². The van der Waals surface area contributed by atoms with E-state index in [2.05, 4.69) is 20.5 Å². The summed E-state index contributed by atoms with van der Waals surface area (Å²) < 4.78 is 8.40. The summed E-state index contributed by atoms with van der Waals surface area (Å²) in [4.78, 5) is 16.9. The Hall–Kier alpha value is -2.62. The van der Waals surface area contributed by atoms with Gasteiger partial charge in [-0.2, -0.15) is 0 Å². The maximum Gasteiger partial charge on any atom is 0.236 e. The summed E-state index contributed by atoms with van der Waals surface area (Å²) in [5.74, 6) is 1.35. The highest BCUT2D eigenvalue weighted by Gasteiger charge is 2.18. The van der Waals surface area contributed by atoms with E-state index in [0.717, 1.165) is 15.8 Å². The van der Waals surface area contributed by atoms with Crippen LogP contribution in [0.15, 0.2) is 47.6 Å². The van der Waals surface area contributed by atoms with Gasteiger partial charge in [-0.25, -0.2) is 4.98 Å². The second-order valence-corrected chi connectivity index (χ2v) is 8.63. The van der Waals surface area contributed by atoms with Gasteiger partial charge < -0.3 is 14.6 Å². The minimum absolute atomic E-state index is 0.147. The quantitative estimate of drug-likeness (QED) is 0.393. The number of fused-ring (bicyclic) bond motifs is 1. The lowest BCUT2D eigenvalue weighted by Gasteiger charge is -2.10. The van der Waals surface area contributed by atoms with Gasteiger partial charge in [0.05, 0.1) is 28.6 Å². The zero-order valence-electron chi connectivity index (χ0n) is 16.3. The van der Waals surface area contributed by atoms with Crippen LogP contribution in [-0.2, 0) is 11.3 Å². The van der Waals surface area contributed by atoms with Crippen LogP contribution in [-0.4, -0.2) is 38.5 Å². The molecular weight excluding hydrogens is 442 g/mol. The van der Waals surface area contributed by atoms with Gasteiger partial charge in [0, 0.05) is 11.6 Å². The average Bonchev–Trinajstić information content (AvgIpc) is 3.35. The van der Waals surface area contributed by atoms with Crippen molar-refractivity contribution in [1.82, 2.24) is 19.7 Å². The molecule has 10 heteroatoms. The van der Waals surface area contributed by atoms with E-state index in [1.54, 1.807) is 25.3 Å². The van der Waals surface area contributed by atoms with Gasteiger partial charge in [-0.15, -0.1) is 10.2 Å². The number of para-hydroxylation sites is 1. The number of benzene rings is 2. The third-order valence-electron chi connectivity index (χ3n) is 4.31. The van der Waals surface area contributed by atoms with Crippen LogP contribution >= 0.6 is 34.7 Å².